The third-order valence-electron chi connectivity index (χ3n) is 4.15. The number of hydrogen-bond acceptors (Lipinski definition) is 1. The number of benzene rings is 2. The fourth-order valence-electron chi connectivity index (χ4n) is 2.83. The highest BCUT2D eigenvalue weighted by molar-refractivity contribution is 5.83. The maximum atomic E-state index is 3.45. The van der Waals surface area contributed by atoms with Gasteiger partial charge in [0.15, 0.2) is 0 Å². The maximum absolute atomic E-state index is 3.45. The summed E-state index contributed by atoms with van der Waals surface area (Å²) >= 11 is 0. The van der Waals surface area contributed by atoms with Gasteiger partial charge in [-0.25, -0.2) is 0 Å². The zero-order valence-corrected chi connectivity index (χ0v) is 10.4. The molecule has 1 aliphatic rings. The van der Waals surface area contributed by atoms with Crippen molar-refractivity contribution in [2.45, 2.75) is 25.2 Å². The highest BCUT2D eigenvalue weighted by atomic mass is 14.9. The Hall–Kier alpha value is -1.34. The Morgan fingerprint density at radius 1 is 0.941 bits per heavy atom. The quantitative estimate of drug-likeness (QED) is 0.783. The Morgan fingerprint density at radius 2 is 1.65 bits per heavy atom. The van der Waals surface area contributed by atoms with Crippen LogP contribution in [0.4, 0.5) is 0 Å². The van der Waals surface area contributed by atoms with E-state index in [4.69, 9.17) is 0 Å². The summed E-state index contributed by atoms with van der Waals surface area (Å²) in [5, 5.41) is 6.15. The van der Waals surface area contributed by atoms with Gasteiger partial charge >= 0.3 is 0 Å². The second kappa shape index (κ2) is 4.15. The first-order valence-electron chi connectivity index (χ1n) is 6.48. The average molecular weight is 225 g/mol. The molecular weight excluding hydrogens is 206 g/mol. The molecule has 2 aromatic carbocycles. The molecule has 0 amide bonds. The summed E-state index contributed by atoms with van der Waals surface area (Å²) in [5.41, 5.74) is 1.85. The largest absolute Gasteiger partial charge is 0.317 e. The molecule has 88 valence electrons. The Morgan fingerprint density at radius 3 is 2.41 bits per heavy atom. The molecule has 0 spiro atoms. The van der Waals surface area contributed by atoms with E-state index in [1.165, 1.54) is 29.2 Å². The molecule has 1 heteroatoms. The molecule has 3 rings (SSSR count). The monoisotopic (exact) mass is 225 g/mol. The fraction of sp³-hybridized carbons (Fsp3) is 0.375. The van der Waals surface area contributed by atoms with E-state index >= 15 is 0 Å². The van der Waals surface area contributed by atoms with Crippen LogP contribution in [-0.2, 0) is 5.41 Å². The molecule has 17 heavy (non-hydrogen) atoms. The number of rotatable bonds is 1. The van der Waals surface area contributed by atoms with Crippen molar-refractivity contribution in [1.29, 1.82) is 0 Å². The van der Waals surface area contributed by atoms with Gasteiger partial charge in [-0.3, -0.25) is 0 Å². The van der Waals surface area contributed by atoms with E-state index in [9.17, 15) is 0 Å². The predicted molar refractivity (Wildman–Crippen MR) is 73.4 cm³/mol. The minimum absolute atomic E-state index is 0.356. The van der Waals surface area contributed by atoms with E-state index in [1.54, 1.807) is 0 Å². The van der Waals surface area contributed by atoms with E-state index in [0.717, 1.165) is 13.1 Å². The van der Waals surface area contributed by atoms with E-state index in [-0.39, 0.29) is 0 Å². The molecule has 0 atom stereocenters. The van der Waals surface area contributed by atoms with Crippen LogP contribution in [0.15, 0.2) is 42.5 Å². The molecule has 0 aliphatic carbocycles. The maximum Gasteiger partial charge on any atom is -0.00405 e. The van der Waals surface area contributed by atoms with Gasteiger partial charge in [0.2, 0.25) is 0 Å². The van der Waals surface area contributed by atoms with Crippen LogP contribution in [-0.4, -0.2) is 13.1 Å². The van der Waals surface area contributed by atoms with Crippen molar-refractivity contribution < 1.29 is 0 Å². The van der Waals surface area contributed by atoms with Crippen LogP contribution in [0.5, 0.6) is 0 Å². The van der Waals surface area contributed by atoms with Crippen molar-refractivity contribution in [2.24, 2.45) is 0 Å². The summed E-state index contributed by atoms with van der Waals surface area (Å²) in [4.78, 5) is 0. The fourth-order valence-corrected chi connectivity index (χ4v) is 2.83. The Balaban J connectivity index is 2.05. The number of fused-ring (bicyclic) bond motifs is 1. The van der Waals surface area contributed by atoms with Crippen molar-refractivity contribution >= 4 is 10.8 Å². The summed E-state index contributed by atoms with van der Waals surface area (Å²) < 4.78 is 0. The molecule has 2 aromatic rings. The first-order valence-corrected chi connectivity index (χ1v) is 6.48. The van der Waals surface area contributed by atoms with Crippen LogP contribution in [0.2, 0.25) is 0 Å². The van der Waals surface area contributed by atoms with Gasteiger partial charge in [-0.05, 0) is 47.7 Å². The minimum atomic E-state index is 0.356. The lowest BCUT2D eigenvalue weighted by molar-refractivity contribution is 0.335. The zero-order chi connectivity index (χ0) is 11.7. The van der Waals surface area contributed by atoms with Crippen molar-refractivity contribution in [2.75, 3.05) is 13.1 Å². The highest BCUT2D eigenvalue weighted by Gasteiger charge is 2.28. The van der Waals surface area contributed by atoms with Gasteiger partial charge in [0.25, 0.3) is 0 Å². The van der Waals surface area contributed by atoms with Crippen LogP contribution < -0.4 is 5.32 Å². The lowest BCUT2D eigenvalue weighted by Gasteiger charge is -2.34. The van der Waals surface area contributed by atoms with E-state index < -0.39 is 0 Å². The summed E-state index contributed by atoms with van der Waals surface area (Å²) in [7, 11) is 0. The summed E-state index contributed by atoms with van der Waals surface area (Å²) in [5.74, 6) is 0. The lowest BCUT2D eigenvalue weighted by atomic mass is 9.74. The first-order chi connectivity index (χ1) is 8.28. The van der Waals surface area contributed by atoms with Gasteiger partial charge < -0.3 is 5.32 Å². The highest BCUT2D eigenvalue weighted by Crippen LogP contribution is 2.34. The molecule has 1 saturated heterocycles. The van der Waals surface area contributed by atoms with Crippen molar-refractivity contribution in [3.8, 4) is 0 Å². The topological polar surface area (TPSA) is 12.0 Å². The van der Waals surface area contributed by atoms with Crippen molar-refractivity contribution in [1.82, 2.24) is 5.32 Å². The van der Waals surface area contributed by atoms with Gasteiger partial charge in [0.1, 0.15) is 0 Å². The van der Waals surface area contributed by atoms with E-state index in [1.807, 2.05) is 0 Å². The molecule has 0 unspecified atom stereocenters. The summed E-state index contributed by atoms with van der Waals surface area (Å²) in [6.45, 7) is 4.69. The molecule has 1 nitrogen and oxygen atoms in total. The molecule has 1 N–H and O–H groups in total. The zero-order valence-electron chi connectivity index (χ0n) is 10.4. The first kappa shape index (κ1) is 10.8. The second-order valence-corrected chi connectivity index (χ2v) is 5.37. The minimum Gasteiger partial charge on any atom is -0.317 e. The summed E-state index contributed by atoms with van der Waals surface area (Å²) in [6, 6.07) is 15.6. The number of nitrogens with one attached hydrogen (secondary N) is 1. The van der Waals surface area contributed by atoms with Crippen LogP contribution in [0.25, 0.3) is 10.8 Å². The molecule has 1 aliphatic heterocycles. The smallest absolute Gasteiger partial charge is 0.00405 e. The normalized spacial score (nSPS) is 19.4. The third-order valence-corrected chi connectivity index (χ3v) is 4.15. The van der Waals surface area contributed by atoms with Crippen LogP contribution in [0.3, 0.4) is 0 Å². The third kappa shape index (κ3) is 1.96. The number of piperidine rings is 1. The van der Waals surface area contributed by atoms with Crippen molar-refractivity contribution in [3.05, 3.63) is 48.0 Å². The Kier molecular flexibility index (Phi) is 2.64. The van der Waals surface area contributed by atoms with Crippen LogP contribution in [0.1, 0.15) is 25.3 Å². The second-order valence-electron chi connectivity index (χ2n) is 5.37. The Labute approximate surface area is 103 Å². The van der Waals surface area contributed by atoms with Gasteiger partial charge in [0.05, 0.1) is 0 Å². The van der Waals surface area contributed by atoms with Crippen LogP contribution in [0, 0.1) is 0 Å². The van der Waals surface area contributed by atoms with Gasteiger partial charge in [-0.15, -0.1) is 0 Å². The molecular formula is C16H19N. The summed E-state index contributed by atoms with van der Waals surface area (Å²) in [6.07, 6.45) is 2.48. The van der Waals surface area contributed by atoms with Crippen molar-refractivity contribution in [3.63, 3.8) is 0 Å². The molecule has 0 saturated carbocycles. The average Bonchev–Trinajstić information content (AvgIpc) is 2.39. The number of hydrogen-bond donors (Lipinski definition) is 1. The van der Waals surface area contributed by atoms with Crippen LogP contribution >= 0.6 is 0 Å². The molecule has 0 bridgehead atoms. The molecule has 1 fully saturated rings. The molecule has 0 radical (unpaired) electrons. The lowest BCUT2D eigenvalue weighted by Crippen LogP contribution is -2.37. The van der Waals surface area contributed by atoms with Gasteiger partial charge in [-0.1, -0.05) is 49.4 Å². The van der Waals surface area contributed by atoms with Gasteiger partial charge in [0, 0.05) is 0 Å². The SMILES string of the molecule is CC1(c2ccc3ccccc3c2)CCNCC1. The van der Waals surface area contributed by atoms with E-state index in [2.05, 4.69) is 54.7 Å². The van der Waals surface area contributed by atoms with Gasteiger partial charge in [-0.2, -0.15) is 0 Å². The standard InChI is InChI=1S/C16H19N/c1-16(8-10-17-11-9-16)15-7-6-13-4-2-3-5-14(13)12-15/h2-7,12,17H,8-11H2,1H3. The Bertz CT molecular complexity index is 524. The molecule has 1 heterocycles. The van der Waals surface area contributed by atoms with E-state index in [0.29, 0.717) is 5.41 Å². The molecule has 0 aromatic heterocycles. The predicted octanol–water partition coefficient (Wildman–Crippen LogP) is 3.48.